The maximum absolute atomic E-state index is 12.5. The van der Waals surface area contributed by atoms with Gasteiger partial charge in [-0.05, 0) is 30.3 Å². The van der Waals surface area contributed by atoms with E-state index < -0.39 is 22.5 Å². The molecule has 0 unspecified atom stereocenters. The molecule has 1 heterocycles. The SMILES string of the molecule is CN(CC(=O)OCc1sc2ccccc2c1Cl)S(=O)(=O)c1ccc(C#N)cc1. The molecule has 0 aliphatic rings. The highest BCUT2D eigenvalue weighted by Crippen LogP contribution is 2.35. The molecular weight excluding hydrogens is 420 g/mol. The van der Waals surface area contributed by atoms with Crippen molar-refractivity contribution in [2.75, 3.05) is 13.6 Å². The van der Waals surface area contributed by atoms with E-state index >= 15 is 0 Å². The first-order valence-electron chi connectivity index (χ1n) is 8.11. The van der Waals surface area contributed by atoms with Gasteiger partial charge in [-0.2, -0.15) is 9.57 Å². The number of nitrogens with zero attached hydrogens (tertiary/aromatic N) is 2. The van der Waals surface area contributed by atoms with Crippen molar-refractivity contribution in [2.45, 2.75) is 11.5 Å². The molecule has 0 saturated heterocycles. The number of carbonyl (C=O) groups excluding carboxylic acids is 1. The molecule has 0 bridgehead atoms. The number of esters is 1. The Morgan fingerprint density at radius 2 is 1.89 bits per heavy atom. The first-order valence-corrected chi connectivity index (χ1v) is 10.7. The number of carbonyl (C=O) groups is 1. The summed E-state index contributed by atoms with van der Waals surface area (Å²) < 4.78 is 32.2. The van der Waals surface area contributed by atoms with Crippen LogP contribution in [0.5, 0.6) is 0 Å². The summed E-state index contributed by atoms with van der Waals surface area (Å²) in [6.45, 7) is -0.466. The third kappa shape index (κ3) is 4.18. The highest BCUT2D eigenvalue weighted by atomic mass is 35.5. The zero-order valence-corrected chi connectivity index (χ0v) is 17.1. The highest BCUT2D eigenvalue weighted by molar-refractivity contribution is 7.89. The van der Waals surface area contributed by atoms with Crippen LogP contribution < -0.4 is 0 Å². The van der Waals surface area contributed by atoms with Crippen LogP contribution in [-0.2, 0) is 26.2 Å². The largest absolute Gasteiger partial charge is 0.459 e. The number of nitriles is 1. The van der Waals surface area contributed by atoms with E-state index in [1.807, 2.05) is 30.3 Å². The van der Waals surface area contributed by atoms with E-state index in [1.165, 1.54) is 42.6 Å². The van der Waals surface area contributed by atoms with Crippen LogP contribution in [0.4, 0.5) is 0 Å². The Labute approximate surface area is 171 Å². The van der Waals surface area contributed by atoms with Crippen molar-refractivity contribution >= 4 is 49.0 Å². The van der Waals surface area contributed by atoms with Gasteiger partial charge in [0.25, 0.3) is 0 Å². The smallest absolute Gasteiger partial charge is 0.321 e. The van der Waals surface area contributed by atoms with Gasteiger partial charge in [-0.25, -0.2) is 8.42 Å². The molecule has 0 saturated carbocycles. The van der Waals surface area contributed by atoms with Crippen molar-refractivity contribution in [1.29, 1.82) is 5.26 Å². The summed E-state index contributed by atoms with van der Waals surface area (Å²) in [6, 6.07) is 15.0. The lowest BCUT2D eigenvalue weighted by Crippen LogP contribution is -2.33. The van der Waals surface area contributed by atoms with Crippen molar-refractivity contribution in [3.8, 4) is 6.07 Å². The summed E-state index contributed by atoms with van der Waals surface area (Å²) in [4.78, 5) is 12.8. The number of halogens is 1. The molecular formula is C19H15ClN2O4S2. The molecule has 0 atom stereocenters. The molecule has 28 heavy (non-hydrogen) atoms. The quantitative estimate of drug-likeness (QED) is 0.551. The molecule has 6 nitrogen and oxygen atoms in total. The summed E-state index contributed by atoms with van der Waals surface area (Å²) in [5.74, 6) is -0.687. The number of sulfonamides is 1. The molecule has 0 radical (unpaired) electrons. The first-order chi connectivity index (χ1) is 13.3. The second kappa shape index (κ2) is 8.29. The van der Waals surface area contributed by atoms with Crippen LogP contribution in [0.1, 0.15) is 10.4 Å². The second-order valence-electron chi connectivity index (χ2n) is 5.89. The standard InChI is InChI=1S/C19H15ClN2O4S2/c1-22(28(24,25)14-8-6-13(10-21)7-9-14)11-18(23)26-12-17-19(20)15-4-2-3-5-16(15)27-17/h2-9H,11-12H2,1H3. The number of thiophene rings is 1. The first kappa shape index (κ1) is 20.3. The molecule has 1 aromatic heterocycles. The van der Waals surface area contributed by atoms with Gasteiger partial charge in [0, 0.05) is 17.1 Å². The van der Waals surface area contributed by atoms with Crippen molar-refractivity contribution < 1.29 is 17.9 Å². The molecule has 2 aromatic carbocycles. The molecule has 0 amide bonds. The number of hydrogen-bond donors (Lipinski definition) is 0. The molecule has 0 aliphatic heterocycles. The minimum absolute atomic E-state index is 0.00523. The summed E-state index contributed by atoms with van der Waals surface area (Å²) in [6.07, 6.45) is 0. The van der Waals surface area contributed by atoms with Crippen LogP contribution in [0, 0.1) is 11.3 Å². The van der Waals surface area contributed by atoms with Crippen LogP contribution in [0.25, 0.3) is 10.1 Å². The van der Waals surface area contributed by atoms with Gasteiger partial charge in [0.2, 0.25) is 10.0 Å². The Balaban J connectivity index is 1.64. The van der Waals surface area contributed by atoms with Crippen LogP contribution in [-0.4, -0.2) is 32.3 Å². The second-order valence-corrected chi connectivity index (χ2v) is 9.45. The summed E-state index contributed by atoms with van der Waals surface area (Å²) >= 11 is 7.74. The average Bonchev–Trinajstić information content (AvgIpc) is 3.02. The van der Waals surface area contributed by atoms with Gasteiger partial charge in [-0.3, -0.25) is 4.79 Å². The Bertz CT molecular complexity index is 1160. The number of likely N-dealkylation sites (N-methyl/N-ethyl adjacent to an activating group) is 1. The Morgan fingerprint density at radius 3 is 2.54 bits per heavy atom. The van der Waals surface area contributed by atoms with Gasteiger partial charge in [0.05, 0.1) is 26.4 Å². The van der Waals surface area contributed by atoms with E-state index in [0.717, 1.165) is 14.4 Å². The lowest BCUT2D eigenvalue weighted by molar-refractivity contribution is -0.144. The molecule has 0 spiro atoms. The van der Waals surface area contributed by atoms with Crippen molar-refractivity contribution in [1.82, 2.24) is 4.31 Å². The van der Waals surface area contributed by atoms with E-state index in [1.54, 1.807) is 0 Å². The molecule has 0 aliphatic carbocycles. The minimum Gasteiger partial charge on any atom is -0.459 e. The Morgan fingerprint density at radius 1 is 1.21 bits per heavy atom. The third-order valence-electron chi connectivity index (χ3n) is 4.01. The van der Waals surface area contributed by atoms with Gasteiger partial charge in [-0.15, -0.1) is 11.3 Å². The molecule has 3 aromatic rings. The lowest BCUT2D eigenvalue weighted by atomic mass is 10.2. The fourth-order valence-electron chi connectivity index (χ4n) is 2.50. The van der Waals surface area contributed by atoms with E-state index in [0.29, 0.717) is 15.5 Å². The number of fused-ring (bicyclic) bond motifs is 1. The maximum atomic E-state index is 12.5. The zero-order chi connectivity index (χ0) is 20.3. The van der Waals surface area contributed by atoms with Gasteiger partial charge in [0.1, 0.15) is 13.2 Å². The van der Waals surface area contributed by atoms with Crippen LogP contribution in [0.15, 0.2) is 53.4 Å². The fraction of sp³-hybridized carbons (Fsp3) is 0.158. The third-order valence-corrected chi connectivity index (χ3v) is 7.51. The number of ether oxygens (including phenoxy) is 1. The van der Waals surface area contributed by atoms with Crippen LogP contribution in [0.2, 0.25) is 5.02 Å². The molecule has 3 rings (SSSR count). The molecule has 144 valence electrons. The minimum atomic E-state index is -3.87. The van der Waals surface area contributed by atoms with E-state index in [9.17, 15) is 13.2 Å². The summed E-state index contributed by atoms with van der Waals surface area (Å²) in [7, 11) is -2.58. The predicted molar refractivity (Wildman–Crippen MR) is 108 cm³/mol. The van der Waals surface area contributed by atoms with E-state index in [-0.39, 0.29) is 11.5 Å². The fourth-order valence-corrected chi connectivity index (χ4v) is 5.01. The van der Waals surface area contributed by atoms with Crippen LogP contribution >= 0.6 is 22.9 Å². The normalized spacial score (nSPS) is 11.5. The van der Waals surface area contributed by atoms with Gasteiger partial charge in [-0.1, -0.05) is 29.8 Å². The summed E-state index contributed by atoms with van der Waals surface area (Å²) in [5, 5.41) is 10.2. The molecule has 9 heteroatoms. The zero-order valence-electron chi connectivity index (χ0n) is 14.8. The summed E-state index contributed by atoms with van der Waals surface area (Å²) in [5.41, 5.74) is 0.348. The number of benzene rings is 2. The van der Waals surface area contributed by atoms with Gasteiger partial charge in [0.15, 0.2) is 0 Å². The average molecular weight is 435 g/mol. The Kier molecular flexibility index (Phi) is 6.01. The molecule has 0 N–H and O–H groups in total. The maximum Gasteiger partial charge on any atom is 0.321 e. The highest BCUT2D eigenvalue weighted by Gasteiger charge is 2.24. The van der Waals surface area contributed by atoms with Crippen molar-refractivity contribution in [3.05, 3.63) is 64.0 Å². The van der Waals surface area contributed by atoms with Crippen molar-refractivity contribution in [2.24, 2.45) is 0 Å². The number of rotatable bonds is 6. The predicted octanol–water partition coefficient (Wildman–Crippen LogP) is 3.79. The van der Waals surface area contributed by atoms with Crippen LogP contribution in [0.3, 0.4) is 0 Å². The van der Waals surface area contributed by atoms with Gasteiger partial charge >= 0.3 is 5.97 Å². The molecule has 0 fully saturated rings. The van der Waals surface area contributed by atoms with E-state index in [4.69, 9.17) is 21.6 Å². The van der Waals surface area contributed by atoms with Crippen molar-refractivity contribution in [3.63, 3.8) is 0 Å². The van der Waals surface area contributed by atoms with Gasteiger partial charge < -0.3 is 4.74 Å². The lowest BCUT2D eigenvalue weighted by Gasteiger charge is -2.16. The number of hydrogen-bond acceptors (Lipinski definition) is 6. The van der Waals surface area contributed by atoms with E-state index in [2.05, 4.69) is 0 Å². The monoisotopic (exact) mass is 434 g/mol. The Hall–Kier alpha value is -2.44. The topological polar surface area (TPSA) is 87.5 Å².